The minimum atomic E-state index is -1.89. The zero-order valence-electron chi connectivity index (χ0n) is 3.69. The van der Waals surface area contributed by atoms with Crippen molar-refractivity contribution in [3.8, 4) is 0 Å². The predicted molar refractivity (Wildman–Crippen MR) is 25.5 cm³/mol. The molecule has 0 N–H and O–H groups in total. The van der Waals surface area contributed by atoms with Crippen LogP contribution in [0.15, 0.2) is 0 Å². The highest BCUT2D eigenvalue weighted by Gasteiger charge is 2.29. The van der Waals surface area contributed by atoms with Crippen molar-refractivity contribution in [2.45, 2.75) is 5.78 Å². The molecule has 1 aliphatic rings. The van der Waals surface area contributed by atoms with E-state index in [2.05, 4.69) is 9.47 Å². The van der Waals surface area contributed by atoms with Crippen molar-refractivity contribution < 1.29 is 13.9 Å². The predicted octanol–water partition coefficient (Wildman–Crippen LogP) is 0.489. The monoisotopic (exact) mass is 124 g/mol. The molecule has 42 valence electrons. The highest BCUT2D eigenvalue weighted by molar-refractivity contribution is 7.17. The minimum absolute atomic E-state index is 0.347. The van der Waals surface area contributed by atoms with E-state index >= 15 is 0 Å². The number of hydrogen-bond donors (Lipinski definition) is 0. The second-order valence-corrected chi connectivity index (χ2v) is 1.97. The largest absolute Gasteiger partial charge is 0.332 e. The van der Waals surface area contributed by atoms with Gasteiger partial charge in [-0.05, 0) is 9.24 Å². The molecule has 0 bridgehead atoms. The highest BCUT2D eigenvalue weighted by Crippen LogP contribution is 2.27. The summed E-state index contributed by atoms with van der Waals surface area (Å²) in [7, 11) is 1.82. The molecular formula is C3H6FO2P. The van der Waals surface area contributed by atoms with Crippen LogP contribution in [0.1, 0.15) is 0 Å². The van der Waals surface area contributed by atoms with Crippen molar-refractivity contribution >= 4 is 9.24 Å². The molecule has 0 aromatic carbocycles. The average Bonchev–Trinajstić information content (AvgIpc) is 1.84. The lowest BCUT2D eigenvalue weighted by molar-refractivity contribution is -0.175. The first-order valence-corrected chi connectivity index (χ1v) is 2.54. The van der Waals surface area contributed by atoms with Gasteiger partial charge in [-0.15, -0.1) is 0 Å². The molecule has 0 aliphatic carbocycles. The Morgan fingerprint density at radius 2 is 1.86 bits per heavy atom. The first kappa shape index (κ1) is 5.42. The fourth-order valence-corrected chi connectivity index (χ4v) is 0.639. The van der Waals surface area contributed by atoms with Crippen molar-refractivity contribution in [2.24, 2.45) is 0 Å². The summed E-state index contributed by atoms with van der Waals surface area (Å²) in [6.45, 7) is 0.694. The maximum absolute atomic E-state index is 12.1. The number of hydrogen-bond acceptors (Lipinski definition) is 2. The molecule has 4 heteroatoms. The Morgan fingerprint density at radius 1 is 1.43 bits per heavy atom. The summed E-state index contributed by atoms with van der Waals surface area (Å²) in [4.78, 5) is 0. The van der Waals surface area contributed by atoms with Crippen LogP contribution in [-0.4, -0.2) is 19.0 Å². The average molecular weight is 124 g/mol. The zero-order chi connectivity index (χ0) is 5.33. The van der Waals surface area contributed by atoms with Crippen LogP contribution in [0.5, 0.6) is 0 Å². The Bertz CT molecular complexity index is 67.3. The molecule has 1 fully saturated rings. The molecule has 1 atom stereocenters. The quantitative estimate of drug-likeness (QED) is 0.437. The Labute approximate surface area is 43.2 Å². The van der Waals surface area contributed by atoms with Crippen LogP contribution in [0, 0.1) is 0 Å². The Morgan fingerprint density at radius 3 is 2.00 bits per heavy atom. The maximum atomic E-state index is 12.1. The molecule has 0 radical (unpaired) electrons. The number of ether oxygens (including phenoxy) is 2. The highest BCUT2D eigenvalue weighted by atomic mass is 31.0. The van der Waals surface area contributed by atoms with Gasteiger partial charge >= 0.3 is 5.78 Å². The molecule has 2 nitrogen and oxygen atoms in total. The lowest BCUT2D eigenvalue weighted by Gasteiger charge is -2.07. The van der Waals surface area contributed by atoms with Crippen molar-refractivity contribution in [3.05, 3.63) is 0 Å². The summed E-state index contributed by atoms with van der Waals surface area (Å²) >= 11 is 0. The topological polar surface area (TPSA) is 18.5 Å². The molecule has 0 amide bonds. The van der Waals surface area contributed by atoms with Crippen LogP contribution >= 0.6 is 9.24 Å². The van der Waals surface area contributed by atoms with E-state index in [-0.39, 0.29) is 0 Å². The molecular weight excluding hydrogens is 118 g/mol. The van der Waals surface area contributed by atoms with Gasteiger partial charge in [-0.2, -0.15) is 4.39 Å². The normalized spacial score (nSPS) is 28.3. The molecule has 7 heavy (non-hydrogen) atoms. The number of alkyl halides is 1. The van der Waals surface area contributed by atoms with E-state index in [1.54, 1.807) is 0 Å². The van der Waals surface area contributed by atoms with Gasteiger partial charge < -0.3 is 9.47 Å². The number of halogens is 1. The summed E-state index contributed by atoms with van der Waals surface area (Å²) in [6.07, 6.45) is 0. The fourth-order valence-electron chi connectivity index (χ4n) is 0.403. The van der Waals surface area contributed by atoms with Crippen LogP contribution in [0.25, 0.3) is 0 Å². The van der Waals surface area contributed by atoms with E-state index in [0.29, 0.717) is 13.2 Å². The van der Waals surface area contributed by atoms with Gasteiger partial charge in [0.25, 0.3) is 0 Å². The smallest absolute Gasteiger partial charge is 0.319 e. The fraction of sp³-hybridized carbons (Fsp3) is 1.00. The zero-order valence-corrected chi connectivity index (χ0v) is 4.84. The summed E-state index contributed by atoms with van der Waals surface area (Å²) in [6, 6.07) is 0. The van der Waals surface area contributed by atoms with Gasteiger partial charge in [-0.25, -0.2) is 0 Å². The van der Waals surface area contributed by atoms with Crippen LogP contribution in [0.2, 0.25) is 0 Å². The summed E-state index contributed by atoms with van der Waals surface area (Å²) in [5.41, 5.74) is 0. The van der Waals surface area contributed by atoms with E-state index in [1.807, 2.05) is 9.24 Å². The van der Waals surface area contributed by atoms with Crippen LogP contribution < -0.4 is 0 Å². The van der Waals surface area contributed by atoms with Gasteiger partial charge in [-0.1, -0.05) is 0 Å². The van der Waals surface area contributed by atoms with Crippen molar-refractivity contribution in [3.63, 3.8) is 0 Å². The van der Waals surface area contributed by atoms with Crippen LogP contribution in [0.4, 0.5) is 4.39 Å². The second kappa shape index (κ2) is 1.66. The van der Waals surface area contributed by atoms with E-state index < -0.39 is 5.78 Å². The summed E-state index contributed by atoms with van der Waals surface area (Å²) in [5.74, 6) is -1.89. The minimum Gasteiger partial charge on any atom is -0.319 e. The molecule has 1 rings (SSSR count). The maximum Gasteiger partial charge on any atom is 0.332 e. The Balaban J connectivity index is 2.40. The lowest BCUT2D eigenvalue weighted by atomic mass is 10.8. The first-order chi connectivity index (χ1) is 3.21. The van der Waals surface area contributed by atoms with Gasteiger partial charge in [0.05, 0.1) is 13.2 Å². The second-order valence-electron chi connectivity index (χ2n) is 1.28. The molecule has 1 aliphatic heterocycles. The van der Waals surface area contributed by atoms with Gasteiger partial charge in [0.2, 0.25) is 0 Å². The third-order valence-corrected chi connectivity index (χ3v) is 1.01. The van der Waals surface area contributed by atoms with E-state index in [4.69, 9.17) is 0 Å². The molecule has 1 saturated heterocycles. The SMILES string of the molecule is FC1(P)OCCO1. The molecule has 1 heterocycles. The van der Waals surface area contributed by atoms with E-state index in [1.165, 1.54) is 0 Å². The number of rotatable bonds is 0. The first-order valence-electron chi connectivity index (χ1n) is 1.96. The van der Waals surface area contributed by atoms with E-state index in [9.17, 15) is 4.39 Å². The summed E-state index contributed by atoms with van der Waals surface area (Å²) < 4.78 is 21.0. The van der Waals surface area contributed by atoms with E-state index in [0.717, 1.165) is 0 Å². The molecule has 1 unspecified atom stereocenters. The van der Waals surface area contributed by atoms with Gasteiger partial charge in [0.1, 0.15) is 0 Å². The standard InChI is InChI=1S/C3H6FO2P/c4-3(7)5-1-2-6-3/h1-2,7H2. The van der Waals surface area contributed by atoms with Crippen molar-refractivity contribution in [2.75, 3.05) is 13.2 Å². The van der Waals surface area contributed by atoms with Gasteiger partial charge in [0.15, 0.2) is 0 Å². The van der Waals surface area contributed by atoms with Crippen LogP contribution in [-0.2, 0) is 9.47 Å². The molecule has 0 spiro atoms. The third kappa shape index (κ3) is 1.34. The van der Waals surface area contributed by atoms with Crippen molar-refractivity contribution in [1.29, 1.82) is 0 Å². The van der Waals surface area contributed by atoms with Crippen LogP contribution in [0.3, 0.4) is 0 Å². The Hall–Kier alpha value is 0.280. The molecule has 0 aromatic rings. The summed E-state index contributed by atoms with van der Waals surface area (Å²) in [5, 5.41) is 0. The molecule has 0 saturated carbocycles. The Kier molecular flexibility index (Phi) is 1.28. The molecule has 0 aromatic heterocycles. The van der Waals surface area contributed by atoms with Crippen molar-refractivity contribution in [1.82, 2.24) is 0 Å². The third-order valence-electron chi connectivity index (χ3n) is 0.681. The van der Waals surface area contributed by atoms with Gasteiger partial charge in [-0.3, -0.25) is 0 Å². The lowest BCUT2D eigenvalue weighted by Crippen LogP contribution is -2.11. The van der Waals surface area contributed by atoms with Gasteiger partial charge in [0, 0.05) is 0 Å².